The van der Waals surface area contributed by atoms with E-state index in [-0.39, 0.29) is 0 Å². The van der Waals surface area contributed by atoms with E-state index >= 15 is 0 Å². The van der Waals surface area contributed by atoms with E-state index in [1.165, 1.54) is 0 Å². The first-order chi connectivity index (χ1) is 8.08. The van der Waals surface area contributed by atoms with Crippen molar-refractivity contribution in [3.8, 4) is 0 Å². The zero-order valence-electron chi connectivity index (χ0n) is 8.48. The van der Waals surface area contributed by atoms with Gasteiger partial charge in [-0.05, 0) is 24.3 Å². The minimum absolute atomic E-state index is 0.397. The van der Waals surface area contributed by atoms with Crippen LogP contribution in [0.3, 0.4) is 0 Å². The molecule has 0 spiro atoms. The molecule has 0 atom stereocenters. The fraction of sp³-hybridized carbons (Fsp3) is 0. The van der Waals surface area contributed by atoms with Gasteiger partial charge in [0, 0.05) is 5.02 Å². The van der Waals surface area contributed by atoms with Gasteiger partial charge in [-0.25, -0.2) is 0 Å². The normalized spacial score (nSPS) is 10.4. The van der Waals surface area contributed by atoms with Gasteiger partial charge in [0.2, 0.25) is 0 Å². The maximum Gasteiger partial charge on any atom is 0.0828 e. The van der Waals surface area contributed by atoms with Crippen molar-refractivity contribution >= 4 is 57.8 Å². The van der Waals surface area contributed by atoms with Gasteiger partial charge >= 0.3 is 0 Å². The van der Waals surface area contributed by atoms with E-state index in [9.17, 15) is 0 Å². The van der Waals surface area contributed by atoms with Crippen LogP contribution in [0, 0.1) is 0 Å². The van der Waals surface area contributed by atoms with Gasteiger partial charge in [0.05, 0.1) is 26.4 Å². The monoisotopic (exact) mass is 305 g/mol. The summed E-state index contributed by atoms with van der Waals surface area (Å²) in [7, 11) is 0. The summed E-state index contributed by atoms with van der Waals surface area (Å²) in [6.45, 7) is 0. The summed E-state index contributed by atoms with van der Waals surface area (Å²) in [6, 6.07) is 10.6. The van der Waals surface area contributed by atoms with Gasteiger partial charge < -0.3 is 5.32 Å². The average molecular weight is 307 g/mol. The molecule has 0 aliphatic rings. The molecule has 0 amide bonds. The molecule has 0 heterocycles. The van der Waals surface area contributed by atoms with Gasteiger partial charge in [0.25, 0.3) is 0 Å². The van der Waals surface area contributed by atoms with Crippen molar-refractivity contribution in [2.75, 3.05) is 5.32 Å². The molecule has 1 N–H and O–H groups in total. The Balaban J connectivity index is 2.40. The molecule has 0 saturated carbocycles. The van der Waals surface area contributed by atoms with E-state index in [1.807, 2.05) is 18.2 Å². The van der Waals surface area contributed by atoms with Crippen LogP contribution < -0.4 is 5.32 Å². The predicted molar refractivity (Wildman–Crippen MR) is 76.2 cm³/mol. The van der Waals surface area contributed by atoms with E-state index in [0.29, 0.717) is 25.8 Å². The highest BCUT2D eigenvalue weighted by Crippen LogP contribution is 2.36. The second kappa shape index (κ2) is 5.36. The predicted octanol–water partition coefficient (Wildman–Crippen LogP) is 6.04. The van der Waals surface area contributed by atoms with E-state index in [1.54, 1.807) is 18.2 Å². The third-order valence-electron chi connectivity index (χ3n) is 2.14. The van der Waals surface area contributed by atoms with Crippen LogP contribution in [0.5, 0.6) is 0 Å². The maximum absolute atomic E-state index is 6.07. The molecular formula is C12H7Cl4N. The quantitative estimate of drug-likeness (QED) is 0.666. The molecule has 2 aromatic rings. The summed E-state index contributed by atoms with van der Waals surface area (Å²) in [5, 5.41) is 5.00. The van der Waals surface area contributed by atoms with Gasteiger partial charge in [-0.15, -0.1) is 0 Å². The van der Waals surface area contributed by atoms with Gasteiger partial charge in [-0.3, -0.25) is 0 Å². The van der Waals surface area contributed by atoms with Crippen LogP contribution in [-0.2, 0) is 0 Å². The summed E-state index contributed by atoms with van der Waals surface area (Å²) in [6.07, 6.45) is 0. The highest BCUT2D eigenvalue weighted by molar-refractivity contribution is 6.45. The summed E-state index contributed by atoms with van der Waals surface area (Å²) in [5.41, 5.74) is 1.37. The third kappa shape index (κ3) is 2.99. The summed E-state index contributed by atoms with van der Waals surface area (Å²) in [4.78, 5) is 0. The largest absolute Gasteiger partial charge is 0.353 e. The van der Waals surface area contributed by atoms with Crippen molar-refractivity contribution < 1.29 is 0 Å². The highest BCUT2D eigenvalue weighted by atomic mass is 35.5. The number of nitrogens with one attached hydrogen (secondary N) is 1. The fourth-order valence-electron chi connectivity index (χ4n) is 1.35. The Bertz CT molecular complexity index is 554. The molecule has 0 aliphatic carbocycles. The standard InChI is InChI=1S/C12H7Cl4N/c13-7-5-9(15)12(16)11(6-7)17-10-4-2-1-3-8(10)14/h1-6,17H. The number of para-hydroxylation sites is 1. The Morgan fingerprint density at radius 1 is 0.765 bits per heavy atom. The summed E-state index contributed by atoms with van der Waals surface area (Å²) >= 11 is 24.0. The molecule has 0 unspecified atom stereocenters. The first-order valence-electron chi connectivity index (χ1n) is 4.74. The number of hydrogen-bond donors (Lipinski definition) is 1. The topological polar surface area (TPSA) is 12.0 Å². The minimum Gasteiger partial charge on any atom is -0.353 e. The van der Waals surface area contributed by atoms with Crippen LogP contribution in [0.25, 0.3) is 0 Å². The maximum atomic E-state index is 6.07. The Morgan fingerprint density at radius 2 is 1.47 bits per heavy atom. The van der Waals surface area contributed by atoms with Crippen molar-refractivity contribution in [2.24, 2.45) is 0 Å². The molecule has 0 radical (unpaired) electrons. The lowest BCUT2D eigenvalue weighted by atomic mass is 10.2. The van der Waals surface area contributed by atoms with Crippen LogP contribution in [0.15, 0.2) is 36.4 Å². The Labute approximate surface area is 119 Å². The molecule has 2 rings (SSSR count). The molecule has 0 saturated heterocycles. The molecule has 88 valence electrons. The molecule has 2 aromatic carbocycles. The molecule has 17 heavy (non-hydrogen) atoms. The van der Waals surface area contributed by atoms with Gasteiger partial charge in [-0.2, -0.15) is 0 Å². The highest BCUT2D eigenvalue weighted by Gasteiger charge is 2.08. The molecular weight excluding hydrogens is 300 g/mol. The van der Waals surface area contributed by atoms with Gasteiger partial charge in [0.1, 0.15) is 0 Å². The Hall–Kier alpha value is -0.600. The molecule has 0 bridgehead atoms. The first kappa shape index (κ1) is 12.8. The second-order valence-corrected chi connectivity index (χ2v) is 4.98. The molecule has 1 nitrogen and oxygen atoms in total. The van der Waals surface area contributed by atoms with E-state index in [0.717, 1.165) is 5.69 Å². The lowest BCUT2D eigenvalue weighted by Gasteiger charge is -2.11. The van der Waals surface area contributed by atoms with Crippen molar-refractivity contribution in [1.82, 2.24) is 0 Å². The molecule has 0 fully saturated rings. The Kier molecular flexibility index (Phi) is 4.05. The van der Waals surface area contributed by atoms with Crippen LogP contribution in [0.4, 0.5) is 11.4 Å². The van der Waals surface area contributed by atoms with Crippen molar-refractivity contribution in [3.05, 3.63) is 56.5 Å². The van der Waals surface area contributed by atoms with Crippen molar-refractivity contribution in [1.29, 1.82) is 0 Å². The third-order valence-corrected chi connectivity index (χ3v) is 3.49. The zero-order chi connectivity index (χ0) is 12.4. The molecule has 5 heteroatoms. The fourth-order valence-corrected chi connectivity index (χ4v) is 2.19. The number of benzene rings is 2. The van der Waals surface area contributed by atoms with Crippen LogP contribution in [-0.4, -0.2) is 0 Å². The smallest absolute Gasteiger partial charge is 0.0828 e. The lowest BCUT2D eigenvalue weighted by molar-refractivity contribution is 1.55. The zero-order valence-corrected chi connectivity index (χ0v) is 11.5. The van der Waals surface area contributed by atoms with E-state index in [2.05, 4.69) is 5.32 Å². The van der Waals surface area contributed by atoms with Crippen LogP contribution in [0.2, 0.25) is 20.1 Å². The van der Waals surface area contributed by atoms with Gasteiger partial charge in [-0.1, -0.05) is 58.5 Å². The Morgan fingerprint density at radius 3 is 2.18 bits per heavy atom. The van der Waals surface area contributed by atoms with Crippen LogP contribution in [0.1, 0.15) is 0 Å². The number of halogens is 4. The van der Waals surface area contributed by atoms with E-state index in [4.69, 9.17) is 46.4 Å². The van der Waals surface area contributed by atoms with E-state index < -0.39 is 0 Å². The van der Waals surface area contributed by atoms with Crippen LogP contribution >= 0.6 is 46.4 Å². The lowest BCUT2D eigenvalue weighted by Crippen LogP contribution is -1.92. The molecule has 0 aliphatic heterocycles. The second-order valence-electron chi connectivity index (χ2n) is 3.35. The summed E-state index contributed by atoms with van der Waals surface area (Å²) in [5.74, 6) is 0. The summed E-state index contributed by atoms with van der Waals surface area (Å²) < 4.78 is 0. The number of hydrogen-bond acceptors (Lipinski definition) is 1. The number of anilines is 2. The molecule has 0 aromatic heterocycles. The average Bonchev–Trinajstić information content (AvgIpc) is 2.28. The SMILES string of the molecule is Clc1cc(Cl)c(Cl)c(Nc2ccccc2Cl)c1. The number of rotatable bonds is 2. The van der Waals surface area contributed by atoms with Gasteiger partial charge in [0.15, 0.2) is 0 Å². The minimum atomic E-state index is 0.397. The first-order valence-corrected chi connectivity index (χ1v) is 6.25. The van der Waals surface area contributed by atoms with Crippen molar-refractivity contribution in [3.63, 3.8) is 0 Å². The van der Waals surface area contributed by atoms with Crippen molar-refractivity contribution in [2.45, 2.75) is 0 Å².